The summed E-state index contributed by atoms with van der Waals surface area (Å²) in [5, 5.41) is 9.24. The summed E-state index contributed by atoms with van der Waals surface area (Å²) in [7, 11) is 0. The van der Waals surface area contributed by atoms with E-state index in [0.717, 1.165) is 0 Å². The molecule has 1 aliphatic rings. The Balaban J connectivity index is 1.82. The second kappa shape index (κ2) is 6.74. The van der Waals surface area contributed by atoms with Crippen LogP contribution in [0.2, 0.25) is 0 Å². The smallest absolute Gasteiger partial charge is 0.308 e. The lowest BCUT2D eigenvalue weighted by Gasteiger charge is -2.18. The first kappa shape index (κ1) is 16.1. The SMILES string of the molecule is C[C@@H]1CN(C(=O)c2ccccc2Oc2ccccc2)C[C@H]1C(=O)O. The average molecular weight is 325 g/mol. The quantitative estimate of drug-likeness (QED) is 0.937. The second-order valence-electron chi connectivity index (χ2n) is 6.04. The van der Waals surface area contributed by atoms with Crippen LogP contribution in [-0.4, -0.2) is 35.0 Å². The monoisotopic (exact) mass is 325 g/mol. The van der Waals surface area contributed by atoms with E-state index >= 15 is 0 Å². The van der Waals surface area contributed by atoms with E-state index in [-0.39, 0.29) is 18.4 Å². The summed E-state index contributed by atoms with van der Waals surface area (Å²) in [6, 6.07) is 16.3. The van der Waals surface area contributed by atoms with E-state index < -0.39 is 11.9 Å². The number of nitrogens with zero attached hydrogens (tertiary/aromatic N) is 1. The Bertz CT molecular complexity index is 744. The van der Waals surface area contributed by atoms with Crippen molar-refractivity contribution in [2.45, 2.75) is 6.92 Å². The normalized spacial score (nSPS) is 20.0. The number of carbonyl (C=O) groups excluding carboxylic acids is 1. The molecule has 1 amide bonds. The first-order chi connectivity index (χ1) is 11.6. The number of ether oxygens (including phenoxy) is 1. The van der Waals surface area contributed by atoms with Crippen LogP contribution >= 0.6 is 0 Å². The molecule has 0 spiro atoms. The molecular weight excluding hydrogens is 306 g/mol. The molecule has 0 aromatic heterocycles. The lowest BCUT2D eigenvalue weighted by atomic mass is 9.99. The maximum absolute atomic E-state index is 12.8. The Kier molecular flexibility index (Phi) is 4.51. The van der Waals surface area contributed by atoms with Crippen LogP contribution in [0.3, 0.4) is 0 Å². The molecule has 2 aromatic carbocycles. The minimum Gasteiger partial charge on any atom is -0.481 e. The highest BCUT2D eigenvalue weighted by molar-refractivity contribution is 5.97. The molecule has 0 aliphatic carbocycles. The molecule has 0 unspecified atom stereocenters. The van der Waals surface area contributed by atoms with Crippen LogP contribution in [0.4, 0.5) is 0 Å². The van der Waals surface area contributed by atoms with Crippen molar-refractivity contribution in [3.63, 3.8) is 0 Å². The topological polar surface area (TPSA) is 66.8 Å². The highest BCUT2D eigenvalue weighted by Gasteiger charge is 2.37. The molecule has 124 valence electrons. The predicted octanol–water partition coefficient (Wildman–Crippen LogP) is 3.27. The van der Waals surface area contributed by atoms with Gasteiger partial charge >= 0.3 is 5.97 Å². The number of benzene rings is 2. The minimum atomic E-state index is -0.855. The van der Waals surface area contributed by atoms with Gasteiger partial charge in [-0.3, -0.25) is 9.59 Å². The molecule has 0 radical (unpaired) electrons. The molecule has 1 N–H and O–H groups in total. The molecule has 5 nitrogen and oxygen atoms in total. The summed E-state index contributed by atoms with van der Waals surface area (Å²) in [4.78, 5) is 25.7. The summed E-state index contributed by atoms with van der Waals surface area (Å²) in [5.74, 6) is -0.510. The molecule has 1 heterocycles. The van der Waals surface area contributed by atoms with E-state index in [1.54, 1.807) is 23.1 Å². The molecule has 2 aromatic rings. The molecule has 5 heteroatoms. The van der Waals surface area contributed by atoms with Crippen LogP contribution in [0.25, 0.3) is 0 Å². The van der Waals surface area contributed by atoms with Crippen LogP contribution in [0.1, 0.15) is 17.3 Å². The van der Waals surface area contributed by atoms with Gasteiger partial charge in [0, 0.05) is 13.1 Å². The number of para-hydroxylation sites is 2. The molecule has 0 saturated carbocycles. The number of hydrogen-bond donors (Lipinski definition) is 1. The van der Waals surface area contributed by atoms with Crippen molar-refractivity contribution in [2.75, 3.05) is 13.1 Å². The third kappa shape index (κ3) is 3.25. The van der Waals surface area contributed by atoms with Gasteiger partial charge in [0.1, 0.15) is 11.5 Å². The van der Waals surface area contributed by atoms with Gasteiger partial charge in [-0.05, 0) is 30.2 Å². The van der Waals surface area contributed by atoms with E-state index in [1.807, 2.05) is 43.3 Å². The van der Waals surface area contributed by atoms with E-state index in [1.165, 1.54) is 0 Å². The van der Waals surface area contributed by atoms with E-state index in [4.69, 9.17) is 4.74 Å². The van der Waals surface area contributed by atoms with Crippen LogP contribution < -0.4 is 4.74 Å². The van der Waals surface area contributed by atoms with Crippen LogP contribution in [-0.2, 0) is 4.79 Å². The lowest BCUT2D eigenvalue weighted by Crippen LogP contribution is -2.30. The van der Waals surface area contributed by atoms with Gasteiger partial charge in [0.25, 0.3) is 5.91 Å². The lowest BCUT2D eigenvalue weighted by molar-refractivity contribution is -0.142. The largest absolute Gasteiger partial charge is 0.481 e. The summed E-state index contributed by atoms with van der Waals surface area (Å²) in [5.41, 5.74) is 0.444. The number of likely N-dealkylation sites (tertiary alicyclic amines) is 1. The molecule has 1 aliphatic heterocycles. The van der Waals surface area contributed by atoms with Crippen LogP contribution in [0.5, 0.6) is 11.5 Å². The van der Waals surface area contributed by atoms with Gasteiger partial charge in [-0.15, -0.1) is 0 Å². The van der Waals surface area contributed by atoms with Gasteiger partial charge in [-0.2, -0.15) is 0 Å². The maximum atomic E-state index is 12.8. The van der Waals surface area contributed by atoms with Gasteiger partial charge < -0.3 is 14.7 Å². The number of carboxylic acid groups (broad SMARTS) is 1. The van der Waals surface area contributed by atoms with Crippen molar-refractivity contribution in [1.29, 1.82) is 0 Å². The standard InChI is InChI=1S/C19H19NO4/c1-13-11-20(12-16(13)19(22)23)18(21)15-9-5-6-10-17(15)24-14-7-3-2-4-8-14/h2-10,13,16H,11-12H2,1H3,(H,22,23)/t13-,16-/m1/s1. The van der Waals surface area contributed by atoms with Gasteiger partial charge in [-0.25, -0.2) is 0 Å². The first-order valence-corrected chi connectivity index (χ1v) is 7.90. The Morgan fingerprint density at radius 3 is 2.38 bits per heavy atom. The molecule has 0 bridgehead atoms. The van der Waals surface area contributed by atoms with Crippen molar-refractivity contribution in [3.05, 3.63) is 60.2 Å². The maximum Gasteiger partial charge on any atom is 0.308 e. The fraction of sp³-hybridized carbons (Fsp3) is 0.263. The summed E-state index contributed by atoms with van der Waals surface area (Å²) < 4.78 is 5.83. The molecule has 3 rings (SSSR count). The van der Waals surface area contributed by atoms with Crippen molar-refractivity contribution in [2.24, 2.45) is 11.8 Å². The van der Waals surface area contributed by atoms with Crippen LogP contribution in [0, 0.1) is 11.8 Å². The third-order valence-electron chi connectivity index (χ3n) is 4.31. The molecule has 2 atom stereocenters. The molecule has 24 heavy (non-hydrogen) atoms. The number of aliphatic carboxylic acids is 1. The molecule has 1 saturated heterocycles. The number of rotatable bonds is 4. The van der Waals surface area contributed by atoms with Crippen molar-refractivity contribution < 1.29 is 19.4 Å². The third-order valence-corrected chi connectivity index (χ3v) is 4.31. The van der Waals surface area contributed by atoms with Crippen molar-refractivity contribution in [3.8, 4) is 11.5 Å². The average Bonchev–Trinajstić information content (AvgIpc) is 2.98. The van der Waals surface area contributed by atoms with E-state index in [9.17, 15) is 14.7 Å². The number of hydrogen-bond acceptors (Lipinski definition) is 3. The zero-order valence-corrected chi connectivity index (χ0v) is 13.4. The fourth-order valence-corrected chi connectivity index (χ4v) is 2.97. The zero-order valence-electron chi connectivity index (χ0n) is 13.4. The van der Waals surface area contributed by atoms with Crippen LogP contribution in [0.15, 0.2) is 54.6 Å². The van der Waals surface area contributed by atoms with Crippen molar-refractivity contribution in [1.82, 2.24) is 4.90 Å². The van der Waals surface area contributed by atoms with E-state index in [2.05, 4.69) is 0 Å². The first-order valence-electron chi connectivity index (χ1n) is 7.90. The Labute approximate surface area is 140 Å². The second-order valence-corrected chi connectivity index (χ2v) is 6.04. The molecular formula is C19H19NO4. The predicted molar refractivity (Wildman–Crippen MR) is 89.2 cm³/mol. The Hall–Kier alpha value is -2.82. The van der Waals surface area contributed by atoms with E-state index in [0.29, 0.717) is 23.6 Å². The Morgan fingerprint density at radius 1 is 1.04 bits per heavy atom. The van der Waals surface area contributed by atoms with Crippen molar-refractivity contribution >= 4 is 11.9 Å². The summed E-state index contributed by atoms with van der Waals surface area (Å²) in [6.07, 6.45) is 0. The zero-order chi connectivity index (χ0) is 17.1. The molecule has 1 fully saturated rings. The fourth-order valence-electron chi connectivity index (χ4n) is 2.97. The highest BCUT2D eigenvalue weighted by atomic mass is 16.5. The number of amides is 1. The highest BCUT2D eigenvalue weighted by Crippen LogP contribution is 2.29. The Morgan fingerprint density at radius 2 is 1.71 bits per heavy atom. The summed E-state index contributed by atoms with van der Waals surface area (Å²) >= 11 is 0. The van der Waals surface area contributed by atoms with Gasteiger partial charge in [0.15, 0.2) is 0 Å². The number of carbonyl (C=O) groups is 2. The minimum absolute atomic E-state index is 0.0614. The number of carboxylic acids is 1. The van der Waals surface area contributed by atoms with Gasteiger partial charge in [-0.1, -0.05) is 37.3 Å². The summed E-state index contributed by atoms with van der Waals surface area (Å²) in [6.45, 7) is 2.53. The van der Waals surface area contributed by atoms with Gasteiger partial charge in [0.05, 0.1) is 11.5 Å². The van der Waals surface area contributed by atoms with Gasteiger partial charge in [0.2, 0.25) is 0 Å².